The van der Waals surface area contributed by atoms with Crippen molar-refractivity contribution in [1.82, 2.24) is 9.71 Å². The summed E-state index contributed by atoms with van der Waals surface area (Å²) in [5, 5.41) is 8.39. The van der Waals surface area contributed by atoms with Crippen molar-refractivity contribution in [3.8, 4) is 0 Å². The van der Waals surface area contributed by atoms with Gasteiger partial charge in [0.2, 0.25) is 10.0 Å². The van der Waals surface area contributed by atoms with E-state index in [-0.39, 0.29) is 4.90 Å². The van der Waals surface area contributed by atoms with Gasteiger partial charge in [-0.3, -0.25) is 4.79 Å². The molecule has 7 nitrogen and oxygen atoms in total. The Bertz CT molecular complexity index is 495. The molecule has 1 heterocycles. The van der Waals surface area contributed by atoms with Crippen molar-refractivity contribution in [3.05, 3.63) is 18.3 Å². The molecule has 0 aliphatic carbocycles. The van der Waals surface area contributed by atoms with E-state index < -0.39 is 22.5 Å². The molecule has 0 fully saturated rings. The van der Waals surface area contributed by atoms with E-state index in [2.05, 4.69) is 4.98 Å². The maximum Gasteiger partial charge on any atom is 0.318 e. The number of pyridine rings is 1. The van der Waals surface area contributed by atoms with Crippen molar-refractivity contribution >= 4 is 21.8 Å². The minimum atomic E-state index is -3.81. The van der Waals surface area contributed by atoms with Crippen molar-refractivity contribution in [2.75, 3.05) is 25.5 Å². The minimum absolute atomic E-state index is 0.0654. The maximum atomic E-state index is 11.6. The lowest BCUT2D eigenvalue weighted by Crippen LogP contribution is -2.29. The van der Waals surface area contributed by atoms with Crippen molar-refractivity contribution in [2.45, 2.75) is 4.90 Å². The second kappa shape index (κ2) is 5.11. The minimum Gasteiger partial charge on any atom is -0.480 e. The summed E-state index contributed by atoms with van der Waals surface area (Å²) in [6.07, 6.45) is 1.18. The molecule has 8 heteroatoms. The van der Waals surface area contributed by atoms with Crippen LogP contribution < -0.4 is 9.62 Å². The molecule has 94 valence electrons. The van der Waals surface area contributed by atoms with Gasteiger partial charge in [-0.05, 0) is 12.1 Å². The number of anilines is 1. The van der Waals surface area contributed by atoms with E-state index in [0.717, 1.165) is 0 Å². The predicted molar refractivity (Wildman–Crippen MR) is 61.4 cm³/mol. The highest BCUT2D eigenvalue weighted by molar-refractivity contribution is 7.89. The van der Waals surface area contributed by atoms with E-state index in [1.807, 2.05) is 4.72 Å². The van der Waals surface area contributed by atoms with Gasteiger partial charge in [0.15, 0.2) is 0 Å². The molecule has 0 atom stereocenters. The molecule has 0 unspecified atom stereocenters. The lowest BCUT2D eigenvalue weighted by Gasteiger charge is -2.11. The first-order valence-electron chi connectivity index (χ1n) is 4.68. The zero-order valence-corrected chi connectivity index (χ0v) is 10.2. The summed E-state index contributed by atoms with van der Waals surface area (Å²) in [5.74, 6) is -0.631. The fraction of sp³-hybridized carbons (Fsp3) is 0.333. The molecule has 0 aliphatic heterocycles. The average Bonchev–Trinajstić information content (AvgIpc) is 2.27. The number of sulfonamides is 1. The number of hydrogen-bond donors (Lipinski definition) is 2. The highest BCUT2D eigenvalue weighted by atomic mass is 32.2. The third-order valence-corrected chi connectivity index (χ3v) is 3.29. The van der Waals surface area contributed by atoms with Crippen LogP contribution in [0.2, 0.25) is 0 Å². The Morgan fingerprint density at radius 1 is 1.47 bits per heavy atom. The van der Waals surface area contributed by atoms with Crippen LogP contribution in [0.4, 0.5) is 5.82 Å². The summed E-state index contributed by atoms with van der Waals surface area (Å²) in [6, 6.07) is 2.90. The molecule has 0 aromatic carbocycles. The SMILES string of the molecule is CN(C)c1ccc(S(=O)(=O)NCC(=O)O)cn1. The molecule has 1 aromatic heterocycles. The van der Waals surface area contributed by atoms with Crippen LogP contribution >= 0.6 is 0 Å². The molecule has 1 aromatic rings. The standard InChI is InChI=1S/C9H13N3O4S/c1-12(2)8-4-3-7(5-10-8)17(15,16)11-6-9(13)14/h3-5,11H,6H2,1-2H3,(H,13,14). The van der Waals surface area contributed by atoms with Gasteiger partial charge in [-0.15, -0.1) is 0 Å². The molecule has 2 N–H and O–H groups in total. The van der Waals surface area contributed by atoms with Crippen LogP contribution in [-0.2, 0) is 14.8 Å². The Morgan fingerprint density at radius 3 is 2.53 bits per heavy atom. The third-order valence-electron chi connectivity index (χ3n) is 1.90. The Kier molecular flexibility index (Phi) is 4.02. The van der Waals surface area contributed by atoms with Gasteiger partial charge in [-0.1, -0.05) is 0 Å². The maximum absolute atomic E-state index is 11.6. The highest BCUT2D eigenvalue weighted by Gasteiger charge is 2.15. The van der Waals surface area contributed by atoms with Gasteiger partial charge in [-0.2, -0.15) is 4.72 Å². The summed E-state index contributed by atoms with van der Waals surface area (Å²) < 4.78 is 25.1. The molecular formula is C9H13N3O4S. The summed E-state index contributed by atoms with van der Waals surface area (Å²) in [5.41, 5.74) is 0. The molecule has 0 radical (unpaired) electrons. The number of aromatic nitrogens is 1. The van der Waals surface area contributed by atoms with Crippen molar-refractivity contribution in [2.24, 2.45) is 0 Å². The number of carbonyl (C=O) groups is 1. The van der Waals surface area contributed by atoms with Crippen LogP contribution in [0.3, 0.4) is 0 Å². The van der Waals surface area contributed by atoms with E-state index in [4.69, 9.17) is 5.11 Å². The van der Waals surface area contributed by atoms with Crippen molar-refractivity contribution in [3.63, 3.8) is 0 Å². The second-order valence-electron chi connectivity index (χ2n) is 3.46. The fourth-order valence-corrected chi connectivity index (χ4v) is 1.95. The third kappa shape index (κ3) is 3.68. The summed E-state index contributed by atoms with van der Waals surface area (Å²) in [7, 11) is -0.256. The number of hydrogen-bond acceptors (Lipinski definition) is 5. The first-order chi connectivity index (χ1) is 7.83. The quantitative estimate of drug-likeness (QED) is 0.740. The number of nitrogens with one attached hydrogen (secondary N) is 1. The van der Waals surface area contributed by atoms with Crippen LogP contribution in [0.25, 0.3) is 0 Å². The average molecular weight is 259 g/mol. The number of carboxylic acid groups (broad SMARTS) is 1. The van der Waals surface area contributed by atoms with E-state index in [1.165, 1.54) is 18.3 Å². The Balaban J connectivity index is 2.89. The molecule has 0 amide bonds. The van der Waals surface area contributed by atoms with Crippen LogP contribution in [0.15, 0.2) is 23.2 Å². The van der Waals surface area contributed by atoms with Gasteiger partial charge in [0.25, 0.3) is 0 Å². The highest BCUT2D eigenvalue weighted by Crippen LogP contribution is 2.11. The molecule has 0 bridgehead atoms. The van der Waals surface area contributed by atoms with Crippen LogP contribution in [0, 0.1) is 0 Å². The van der Waals surface area contributed by atoms with Gasteiger partial charge >= 0.3 is 5.97 Å². The molecule has 1 rings (SSSR count). The van der Waals surface area contributed by atoms with Crippen molar-refractivity contribution in [1.29, 1.82) is 0 Å². The summed E-state index contributed by atoms with van der Waals surface area (Å²) in [4.78, 5) is 15.9. The van der Waals surface area contributed by atoms with Gasteiger partial charge < -0.3 is 10.0 Å². The molecule has 0 aliphatic rings. The summed E-state index contributed by atoms with van der Waals surface area (Å²) >= 11 is 0. The van der Waals surface area contributed by atoms with E-state index >= 15 is 0 Å². The lowest BCUT2D eigenvalue weighted by molar-refractivity contribution is -0.135. The second-order valence-corrected chi connectivity index (χ2v) is 5.23. The van der Waals surface area contributed by atoms with Crippen LogP contribution in [0.1, 0.15) is 0 Å². The predicted octanol–water partition coefficient (Wildman–Crippen LogP) is -0.489. The zero-order valence-electron chi connectivity index (χ0n) is 9.41. The van der Waals surface area contributed by atoms with E-state index in [0.29, 0.717) is 5.82 Å². The number of carboxylic acids is 1. The first kappa shape index (κ1) is 13.4. The molecular weight excluding hydrogens is 246 g/mol. The topological polar surface area (TPSA) is 99.6 Å². The Hall–Kier alpha value is -1.67. The van der Waals surface area contributed by atoms with Crippen LogP contribution in [0.5, 0.6) is 0 Å². The number of aliphatic carboxylic acids is 1. The zero-order chi connectivity index (χ0) is 13.1. The normalized spacial score (nSPS) is 11.2. The fourth-order valence-electron chi connectivity index (χ4n) is 1.04. The molecule has 0 saturated carbocycles. The molecule has 0 spiro atoms. The summed E-state index contributed by atoms with van der Waals surface area (Å²) in [6.45, 7) is -0.655. The van der Waals surface area contributed by atoms with E-state index in [1.54, 1.807) is 19.0 Å². The smallest absolute Gasteiger partial charge is 0.318 e. The van der Waals surface area contributed by atoms with Gasteiger partial charge in [0, 0.05) is 20.3 Å². The number of rotatable bonds is 5. The largest absolute Gasteiger partial charge is 0.480 e. The van der Waals surface area contributed by atoms with Gasteiger partial charge in [0.1, 0.15) is 17.3 Å². The monoisotopic (exact) mass is 259 g/mol. The Labute approximate surface area is 99.1 Å². The Morgan fingerprint density at radius 2 is 2.12 bits per heavy atom. The van der Waals surface area contributed by atoms with Crippen molar-refractivity contribution < 1.29 is 18.3 Å². The van der Waals surface area contributed by atoms with Gasteiger partial charge in [0.05, 0.1) is 0 Å². The van der Waals surface area contributed by atoms with Gasteiger partial charge in [-0.25, -0.2) is 13.4 Å². The van der Waals surface area contributed by atoms with E-state index in [9.17, 15) is 13.2 Å². The number of nitrogens with zero attached hydrogens (tertiary/aromatic N) is 2. The molecule has 0 saturated heterocycles. The lowest BCUT2D eigenvalue weighted by atomic mass is 10.4. The first-order valence-corrected chi connectivity index (χ1v) is 6.16. The molecule has 17 heavy (non-hydrogen) atoms. The van der Waals surface area contributed by atoms with Crippen LogP contribution in [-0.4, -0.2) is 45.1 Å².